The fourth-order valence-electron chi connectivity index (χ4n) is 4.54. The first-order valence-electron chi connectivity index (χ1n) is 14.2. The molecule has 0 unspecified atom stereocenters. The van der Waals surface area contributed by atoms with Gasteiger partial charge in [-0.3, -0.25) is 0 Å². The molecule has 34 heavy (non-hydrogen) atoms. The Bertz CT molecular complexity index is 771. The molecule has 192 valence electrons. The first-order chi connectivity index (χ1) is 16.8. The Balaban J connectivity index is 1.82. The van der Waals surface area contributed by atoms with Crippen LogP contribution in [0.25, 0.3) is 10.8 Å². The average Bonchev–Trinajstić information content (AvgIpc) is 2.87. The van der Waals surface area contributed by atoms with E-state index < -0.39 is 0 Å². The first-order valence-corrected chi connectivity index (χ1v) is 14.2. The lowest BCUT2D eigenvalue weighted by Gasteiger charge is -2.17. The van der Waals surface area contributed by atoms with Crippen molar-refractivity contribution in [2.75, 3.05) is 20.3 Å². The van der Waals surface area contributed by atoms with Gasteiger partial charge in [0.1, 0.15) is 5.75 Å². The number of unbranched alkanes of at least 4 members (excludes halogenated alkanes) is 14. The monoisotopic (exact) mass is 470 g/mol. The molecule has 0 aliphatic carbocycles. The molecule has 0 aliphatic heterocycles. The van der Waals surface area contributed by atoms with Crippen molar-refractivity contribution < 1.29 is 14.2 Å². The largest absolute Gasteiger partial charge is 0.493 e. The second-order valence-electron chi connectivity index (χ2n) is 9.60. The van der Waals surface area contributed by atoms with E-state index in [9.17, 15) is 0 Å². The predicted molar refractivity (Wildman–Crippen MR) is 147 cm³/mol. The van der Waals surface area contributed by atoms with Gasteiger partial charge in [-0.15, -0.1) is 0 Å². The van der Waals surface area contributed by atoms with Gasteiger partial charge in [0, 0.05) is 16.8 Å². The van der Waals surface area contributed by atoms with Crippen molar-refractivity contribution in [3.8, 4) is 17.2 Å². The Kier molecular flexibility index (Phi) is 15.4. The van der Waals surface area contributed by atoms with Crippen LogP contribution in [0.3, 0.4) is 0 Å². The lowest BCUT2D eigenvalue weighted by atomic mass is 10.1. The molecule has 0 saturated heterocycles. The van der Waals surface area contributed by atoms with Crippen LogP contribution in [-0.2, 0) is 0 Å². The molecule has 0 aliphatic rings. The van der Waals surface area contributed by atoms with Crippen LogP contribution in [0.1, 0.15) is 117 Å². The molecule has 0 fully saturated rings. The summed E-state index contributed by atoms with van der Waals surface area (Å²) in [5.74, 6) is 2.51. The Morgan fingerprint density at radius 2 is 1.00 bits per heavy atom. The number of ether oxygens (including phenoxy) is 3. The van der Waals surface area contributed by atoms with E-state index in [-0.39, 0.29) is 0 Å². The number of hydrogen-bond donors (Lipinski definition) is 0. The molecule has 0 bridgehead atoms. The van der Waals surface area contributed by atoms with Crippen LogP contribution in [0.15, 0.2) is 30.3 Å². The van der Waals surface area contributed by atoms with Gasteiger partial charge in [0.05, 0.1) is 20.3 Å². The minimum atomic E-state index is 0.730. The second kappa shape index (κ2) is 18.4. The second-order valence-corrected chi connectivity index (χ2v) is 9.60. The fourth-order valence-corrected chi connectivity index (χ4v) is 4.54. The zero-order valence-corrected chi connectivity index (χ0v) is 22.3. The number of hydrogen-bond acceptors (Lipinski definition) is 3. The standard InChI is InChI=1S/C31H50O3/c1-4-6-8-10-12-14-16-20-24-33-29-26-30(32-3)31(28-23-19-18-22-27(28)29)34-25-21-17-15-13-11-9-7-5-2/h18-19,22-23,26H,4-17,20-21,24-25H2,1-3H3. The molecule has 2 aromatic rings. The summed E-state index contributed by atoms with van der Waals surface area (Å²) in [6, 6.07) is 10.4. The van der Waals surface area contributed by atoms with Gasteiger partial charge in [-0.25, -0.2) is 0 Å². The SMILES string of the molecule is CCCCCCCCCCOc1cc(OC)c(OCCCCCCCCCC)c2ccccc12. The van der Waals surface area contributed by atoms with Crippen molar-refractivity contribution in [3.63, 3.8) is 0 Å². The first kappa shape index (κ1) is 28.3. The zero-order chi connectivity index (χ0) is 24.3. The molecule has 0 atom stereocenters. The Labute approximate surface area is 209 Å². The van der Waals surface area contributed by atoms with Crippen LogP contribution in [0, 0.1) is 0 Å². The van der Waals surface area contributed by atoms with Crippen molar-refractivity contribution >= 4 is 10.8 Å². The van der Waals surface area contributed by atoms with Gasteiger partial charge in [-0.2, -0.15) is 0 Å². The van der Waals surface area contributed by atoms with Crippen molar-refractivity contribution in [3.05, 3.63) is 30.3 Å². The van der Waals surface area contributed by atoms with Gasteiger partial charge in [0.2, 0.25) is 0 Å². The minimum Gasteiger partial charge on any atom is -0.493 e. The van der Waals surface area contributed by atoms with Crippen LogP contribution >= 0.6 is 0 Å². The molecule has 0 spiro atoms. The Morgan fingerprint density at radius 1 is 0.529 bits per heavy atom. The number of benzene rings is 2. The number of methoxy groups -OCH3 is 1. The van der Waals surface area contributed by atoms with E-state index in [2.05, 4.69) is 38.1 Å². The highest BCUT2D eigenvalue weighted by Gasteiger charge is 2.15. The van der Waals surface area contributed by atoms with E-state index in [1.807, 2.05) is 6.07 Å². The van der Waals surface area contributed by atoms with Crippen molar-refractivity contribution in [2.24, 2.45) is 0 Å². The maximum atomic E-state index is 6.26. The zero-order valence-electron chi connectivity index (χ0n) is 22.3. The average molecular weight is 471 g/mol. The molecule has 0 amide bonds. The number of rotatable bonds is 21. The lowest BCUT2D eigenvalue weighted by Crippen LogP contribution is -2.03. The molecular weight excluding hydrogens is 420 g/mol. The van der Waals surface area contributed by atoms with Crippen LogP contribution in [0.5, 0.6) is 17.2 Å². The molecule has 0 N–H and O–H groups in total. The third-order valence-corrected chi connectivity index (χ3v) is 6.64. The van der Waals surface area contributed by atoms with E-state index >= 15 is 0 Å². The third kappa shape index (κ3) is 10.6. The summed E-state index contributed by atoms with van der Waals surface area (Å²) in [5.41, 5.74) is 0. The van der Waals surface area contributed by atoms with Crippen molar-refractivity contribution in [1.82, 2.24) is 0 Å². The molecule has 0 saturated carbocycles. The molecular formula is C31H50O3. The van der Waals surface area contributed by atoms with Crippen LogP contribution in [0.2, 0.25) is 0 Å². The third-order valence-electron chi connectivity index (χ3n) is 6.64. The summed E-state index contributed by atoms with van der Waals surface area (Å²) in [6.07, 6.45) is 20.8. The van der Waals surface area contributed by atoms with Gasteiger partial charge in [-0.1, -0.05) is 128 Å². The summed E-state index contributed by atoms with van der Waals surface area (Å²) in [5, 5.41) is 2.18. The van der Waals surface area contributed by atoms with Crippen molar-refractivity contribution in [2.45, 2.75) is 117 Å². The molecule has 0 radical (unpaired) electrons. The lowest BCUT2D eigenvalue weighted by molar-refractivity contribution is 0.283. The summed E-state index contributed by atoms with van der Waals surface area (Å²) in [6.45, 7) is 6.02. The van der Waals surface area contributed by atoms with Crippen molar-refractivity contribution in [1.29, 1.82) is 0 Å². The normalized spacial score (nSPS) is 11.1. The molecule has 2 rings (SSSR count). The van der Waals surface area contributed by atoms with E-state index in [1.165, 1.54) is 89.9 Å². The number of fused-ring (bicyclic) bond motifs is 1. The van der Waals surface area contributed by atoms with E-state index in [4.69, 9.17) is 14.2 Å². The summed E-state index contributed by atoms with van der Waals surface area (Å²) >= 11 is 0. The summed E-state index contributed by atoms with van der Waals surface area (Å²) < 4.78 is 18.2. The molecule has 0 heterocycles. The molecule has 3 heteroatoms. The summed E-state index contributed by atoms with van der Waals surface area (Å²) in [4.78, 5) is 0. The van der Waals surface area contributed by atoms with Crippen LogP contribution < -0.4 is 14.2 Å². The summed E-state index contributed by atoms with van der Waals surface area (Å²) in [7, 11) is 1.72. The van der Waals surface area contributed by atoms with E-state index in [0.29, 0.717) is 0 Å². The topological polar surface area (TPSA) is 27.7 Å². The van der Waals surface area contributed by atoms with E-state index in [1.54, 1.807) is 7.11 Å². The minimum absolute atomic E-state index is 0.730. The smallest absolute Gasteiger partial charge is 0.169 e. The maximum Gasteiger partial charge on any atom is 0.169 e. The van der Waals surface area contributed by atoms with Gasteiger partial charge in [0.15, 0.2) is 11.5 Å². The van der Waals surface area contributed by atoms with Crippen LogP contribution in [0.4, 0.5) is 0 Å². The van der Waals surface area contributed by atoms with Gasteiger partial charge < -0.3 is 14.2 Å². The Morgan fingerprint density at radius 3 is 1.53 bits per heavy atom. The maximum absolute atomic E-state index is 6.26. The highest BCUT2D eigenvalue weighted by atomic mass is 16.5. The van der Waals surface area contributed by atoms with Gasteiger partial charge >= 0.3 is 0 Å². The fraction of sp³-hybridized carbons (Fsp3) is 0.677. The molecule has 3 nitrogen and oxygen atoms in total. The van der Waals surface area contributed by atoms with Gasteiger partial charge in [0.25, 0.3) is 0 Å². The Hall–Kier alpha value is -1.90. The molecule has 0 aromatic heterocycles. The van der Waals surface area contributed by atoms with Gasteiger partial charge in [-0.05, 0) is 12.8 Å². The van der Waals surface area contributed by atoms with E-state index in [0.717, 1.165) is 54.1 Å². The quantitative estimate of drug-likeness (QED) is 0.170. The predicted octanol–water partition coefficient (Wildman–Crippen LogP) is 9.89. The van der Waals surface area contributed by atoms with Crippen LogP contribution in [-0.4, -0.2) is 20.3 Å². The highest BCUT2D eigenvalue weighted by molar-refractivity contribution is 5.95. The highest BCUT2D eigenvalue weighted by Crippen LogP contribution is 2.41. The molecule has 2 aromatic carbocycles.